The predicted octanol–water partition coefficient (Wildman–Crippen LogP) is -0.602. The molecule has 3 rings (SSSR count). The van der Waals surface area contributed by atoms with Crippen molar-refractivity contribution in [2.24, 2.45) is 0 Å². The third-order valence-electron chi connectivity index (χ3n) is 3.58. The summed E-state index contributed by atoms with van der Waals surface area (Å²) in [5, 5.41) is 0. The monoisotopic (exact) mass is 342 g/mol. The second-order valence-corrected chi connectivity index (χ2v) is 6.82. The van der Waals surface area contributed by atoms with Crippen molar-refractivity contribution in [3.63, 3.8) is 0 Å². The molecule has 1 fully saturated rings. The van der Waals surface area contributed by atoms with Crippen LogP contribution in [0.4, 0.5) is 0 Å². The Morgan fingerprint density at radius 3 is 2.74 bits per heavy atom. The molecule has 1 aromatic heterocycles. The summed E-state index contributed by atoms with van der Waals surface area (Å²) < 4.78 is 29.6. The smallest absolute Gasteiger partial charge is 0.323 e. The summed E-state index contributed by atoms with van der Waals surface area (Å²) >= 11 is 0. The number of ether oxygens (including phenoxy) is 1. The third kappa shape index (κ3) is 3.98. The molecule has 2 heterocycles. The van der Waals surface area contributed by atoms with E-state index in [2.05, 4.69) is 19.8 Å². The van der Waals surface area contributed by atoms with E-state index in [9.17, 15) is 13.2 Å². The molecule has 0 aliphatic carbocycles. The Labute approximate surface area is 132 Å². The first kappa shape index (κ1) is 16.1. The van der Waals surface area contributed by atoms with Crippen molar-refractivity contribution in [2.45, 2.75) is 4.90 Å². The molecular formula is C13H18N4O5S. The summed E-state index contributed by atoms with van der Waals surface area (Å²) in [6.45, 7) is 3.85. The maximum atomic E-state index is 12.2. The summed E-state index contributed by atoms with van der Waals surface area (Å²) in [5.74, 6) is 0. The lowest BCUT2D eigenvalue weighted by Gasteiger charge is -2.26. The molecular weight excluding hydrogens is 324 g/mol. The first-order chi connectivity index (χ1) is 11.0. The Kier molecular flexibility index (Phi) is 4.78. The number of hydrogen-bond donors (Lipinski definition) is 3. The van der Waals surface area contributed by atoms with E-state index in [1.54, 1.807) is 0 Å². The van der Waals surface area contributed by atoms with Gasteiger partial charge in [-0.1, -0.05) is 4.89 Å². The van der Waals surface area contributed by atoms with E-state index in [-0.39, 0.29) is 17.2 Å². The second kappa shape index (κ2) is 6.81. The number of H-pyrrole nitrogens is 2. The summed E-state index contributed by atoms with van der Waals surface area (Å²) in [6, 6.07) is 4.30. The number of morpholine rings is 1. The third-order valence-corrected chi connectivity index (χ3v) is 4.79. The molecule has 1 aliphatic heterocycles. The van der Waals surface area contributed by atoms with Gasteiger partial charge >= 0.3 is 5.69 Å². The zero-order valence-corrected chi connectivity index (χ0v) is 13.2. The first-order valence-electron chi connectivity index (χ1n) is 7.20. The van der Waals surface area contributed by atoms with Crippen LogP contribution in [0.3, 0.4) is 0 Å². The van der Waals surface area contributed by atoms with Crippen molar-refractivity contribution in [3.05, 3.63) is 28.7 Å². The Morgan fingerprint density at radius 2 is 1.96 bits per heavy atom. The fraction of sp³-hybridized carbons (Fsp3) is 0.462. The van der Waals surface area contributed by atoms with Crippen LogP contribution < -0.4 is 10.6 Å². The minimum atomic E-state index is -3.80. The van der Waals surface area contributed by atoms with Crippen molar-refractivity contribution in [1.29, 1.82) is 0 Å². The van der Waals surface area contributed by atoms with E-state index in [1.165, 1.54) is 18.2 Å². The van der Waals surface area contributed by atoms with Crippen LogP contribution in [0.2, 0.25) is 0 Å². The quantitative estimate of drug-likeness (QED) is 0.477. The molecule has 0 unspecified atom stereocenters. The summed E-state index contributed by atoms with van der Waals surface area (Å²) in [5.41, 5.74) is 0.581. The molecule has 0 radical (unpaired) electrons. The van der Waals surface area contributed by atoms with Gasteiger partial charge in [-0.2, -0.15) is 0 Å². The normalized spacial score (nSPS) is 16.9. The SMILES string of the molecule is O=c1[nH]c2ccc(S(=O)(=O)NOCCN3CCOCC3)cc2[nH]1. The average molecular weight is 342 g/mol. The Balaban J connectivity index is 1.57. The number of fused-ring (bicyclic) bond motifs is 1. The lowest BCUT2D eigenvalue weighted by atomic mass is 10.3. The molecule has 0 atom stereocenters. The van der Waals surface area contributed by atoms with Crippen LogP contribution in [0.25, 0.3) is 11.0 Å². The zero-order valence-electron chi connectivity index (χ0n) is 12.4. The van der Waals surface area contributed by atoms with Gasteiger partial charge in [0.15, 0.2) is 0 Å². The molecule has 23 heavy (non-hydrogen) atoms. The van der Waals surface area contributed by atoms with Crippen molar-refractivity contribution in [1.82, 2.24) is 19.8 Å². The fourth-order valence-corrected chi connectivity index (χ4v) is 3.20. The first-order valence-corrected chi connectivity index (χ1v) is 8.69. The number of nitrogens with zero attached hydrogens (tertiary/aromatic N) is 1. The highest BCUT2D eigenvalue weighted by atomic mass is 32.2. The second-order valence-electron chi connectivity index (χ2n) is 5.18. The van der Waals surface area contributed by atoms with Gasteiger partial charge in [0.1, 0.15) is 0 Å². The van der Waals surface area contributed by atoms with Crippen LogP contribution in [0.1, 0.15) is 0 Å². The van der Waals surface area contributed by atoms with Gasteiger partial charge in [0.05, 0.1) is 35.7 Å². The molecule has 126 valence electrons. The van der Waals surface area contributed by atoms with Crippen LogP contribution in [0.5, 0.6) is 0 Å². The van der Waals surface area contributed by atoms with Crippen molar-refractivity contribution in [2.75, 3.05) is 39.5 Å². The molecule has 0 amide bonds. The van der Waals surface area contributed by atoms with Gasteiger partial charge in [0.25, 0.3) is 10.0 Å². The van der Waals surface area contributed by atoms with E-state index in [4.69, 9.17) is 9.57 Å². The van der Waals surface area contributed by atoms with Gasteiger partial charge in [0.2, 0.25) is 0 Å². The van der Waals surface area contributed by atoms with E-state index in [1.807, 2.05) is 0 Å². The summed E-state index contributed by atoms with van der Waals surface area (Å²) in [7, 11) is -3.80. The minimum absolute atomic E-state index is 0.0200. The van der Waals surface area contributed by atoms with Crippen molar-refractivity contribution < 1.29 is 18.0 Å². The molecule has 1 aliphatic rings. The fourth-order valence-electron chi connectivity index (χ4n) is 2.35. The van der Waals surface area contributed by atoms with E-state index >= 15 is 0 Å². The van der Waals surface area contributed by atoms with E-state index < -0.39 is 10.0 Å². The molecule has 0 saturated carbocycles. The van der Waals surface area contributed by atoms with E-state index in [0.717, 1.165) is 13.1 Å². The van der Waals surface area contributed by atoms with Crippen LogP contribution in [-0.4, -0.2) is 62.7 Å². The zero-order chi connectivity index (χ0) is 16.3. The van der Waals surface area contributed by atoms with Gasteiger partial charge in [-0.3, -0.25) is 9.74 Å². The van der Waals surface area contributed by atoms with Crippen LogP contribution >= 0.6 is 0 Å². The highest BCUT2D eigenvalue weighted by Gasteiger charge is 2.16. The lowest BCUT2D eigenvalue weighted by Crippen LogP contribution is -2.39. The predicted molar refractivity (Wildman–Crippen MR) is 82.5 cm³/mol. The molecule has 3 N–H and O–H groups in total. The maximum absolute atomic E-state index is 12.2. The molecule has 2 aromatic rings. The number of benzene rings is 1. The molecule has 0 bridgehead atoms. The largest absolute Gasteiger partial charge is 0.379 e. The number of nitrogens with one attached hydrogen (secondary N) is 3. The highest BCUT2D eigenvalue weighted by molar-refractivity contribution is 7.89. The van der Waals surface area contributed by atoms with Crippen LogP contribution in [-0.2, 0) is 19.6 Å². The molecule has 1 saturated heterocycles. The topological polar surface area (TPSA) is 117 Å². The van der Waals surface area contributed by atoms with Gasteiger partial charge < -0.3 is 14.7 Å². The number of hydrogen-bond acceptors (Lipinski definition) is 6. The molecule has 1 aromatic carbocycles. The van der Waals surface area contributed by atoms with Gasteiger partial charge in [0, 0.05) is 19.6 Å². The minimum Gasteiger partial charge on any atom is -0.379 e. The van der Waals surface area contributed by atoms with Gasteiger partial charge in [-0.05, 0) is 18.2 Å². The number of aromatic nitrogens is 2. The van der Waals surface area contributed by atoms with Crippen LogP contribution in [0.15, 0.2) is 27.9 Å². The molecule has 10 heteroatoms. The maximum Gasteiger partial charge on any atom is 0.323 e. The standard InChI is InChI=1S/C13H18N4O5S/c18-13-14-11-2-1-10(9-12(11)15-13)23(19,20)16-22-8-5-17-3-6-21-7-4-17/h1-2,9,16H,3-8H2,(H2,14,15,18). The van der Waals surface area contributed by atoms with Crippen molar-refractivity contribution >= 4 is 21.1 Å². The lowest BCUT2D eigenvalue weighted by molar-refractivity contribution is 0.0125. The highest BCUT2D eigenvalue weighted by Crippen LogP contribution is 2.14. The van der Waals surface area contributed by atoms with Gasteiger partial charge in [-0.25, -0.2) is 13.2 Å². The summed E-state index contributed by atoms with van der Waals surface area (Å²) in [4.78, 5) is 25.6. The molecule has 0 spiro atoms. The number of imidazole rings is 1. The molecule has 9 nitrogen and oxygen atoms in total. The average Bonchev–Trinajstić information content (AvgIpc) is 2.92. The Hall–Kier alpha value is -1.72. The summed E-state index contributed by atoms with van der Waals surface area (Å²) in [6.07, 6.45) is 0. The van der Waals surface area contributed by atoms with E-state index in [0.29, 0.717) is 30.8 Å². The number of sulfonamides is 1. The van der Waals surface area contributed by atoms with Crippen molar-refractivity contribution in [3.8, 4) is 0 Å². The van der Waals surface area contributed by atoms with Crippen LogP contribution in [0, 0.1) is 0 Å². The Morgan fingerprint density at radius 1 is 1.22 bits per heavy atom. The number of rotatable bonds is 6. The number of aromatic amines is 2. The van der Waals surface area contributed by atoms with Gasteiger partial charge in [-0.15, -0.1) is 0 Å². The Bertz CT molecular complexity index is 822.